The van der Waals surface area contributed by atoms with Crippen molar-refractivity contribution < 1.29 is 4.39 Å². The second-order valence-electron chi connectivity index (χ2n) is 4.73. The molecule has 5 heteroatoms. The van der Waals surface area contributed by atoms with Crippen LogP contribution in [0.15, 0.2) is 59.0 Å². The number of anilines is 1. The molecule has 0 amide bonds. The zero-order valence-electron chi connectivity index (χ0n) is 12.0. The highest BCUT2D eigenvalue weighted by molar-refractivity contribution is 7.13. The summed E-state index contributed by atoms with van der Waals surface area (Å²) >= 11 is 1.49. The van der Waals surface area contributed by atoms with Gasteiger partial charge in [0.1, 0.15) is 5.82 Å². The first-order valence-electron chi connectivity index (χ1n) is 6.79. The Hall–Kier alpha value is -2.53. The molecule has 0 bridgehead atoms. The molecule has 0 aliphatic carbocycles. The summed E-state index contributed by atoms with van der Waals surface area (Å²) in [6.45, 7) is 1.93. The van der Waals surface area contributed by atoms with Gasteiger partial charge in [-0.1, -0.05) is 42.5 Å². The molecule has 2 aromatic carbocycles. The Morgan fingerprint density at radius 3 is 2.55 bits per heavy atom. The predicted octanol–water partition coefficient (Wildman–Crippen LogP) is 4.70. The number of hydrazone groups is 1. The molecule has 0 aliphatic heterocycles. The number of hydrogen-bond acceptors (Lipinski definition) is 4. The monoisotopic (exact) mass is 311 g/mol. The zero-order valence-corrected chi connectivity index (χ0v) is 12.8. The van der Waals surface area contributed by atoms with Crippen molar-refractivity contribution in [2.75, 3.05) is 5.43 Å². The maximum atomic E-state index is 14.0. The van der Waals surface area contributed by atoms with Crippen molar-refractivity contribution in [1.82, 2.24) is 4.98 Å². The van der Waals surface area contributed by atoms with E-state index >= 15 is 0 Å². The standard InChI is InChI=1S/C17H14FN3S/c1-12-11-22-17(20-12)21-19-10-13-6-2-3-7-14(13)15-8-4-5-9-16(15)18/h2-11H,1H3,(H,20,21). The van der Waals surface area contributed by atoms with E-state index in [1.165, 1.54) is 17.4 Å². The molecule has 0 saturated carbocycles. The van der Waals surface area contributed by atoms with Crippen LogP contribution in [0, 0.1) is 12.7 Å². The Balaban J connectivity index is 1.87. The van der Waals surface area contributed by atoms with E-state index in [0.717, 1.165) is 22.0 Å². The number of halogens is 1. The third-order valence-electron chi connectivity index (χ3n) is 3.11. The molecule has 0 fully saturated rings. The van der Waals surface area contributed by atoms with E-state index in [9.17, 15) is 4.39 Å². The molecule has 1 heterocycles. The molecular formula is C17H14FN3S. The summed E-state index contributed by atoms with van der Waals surface area (Å²) in [6, 6.07) is 14.3. The highest BCUT2D eigenvalue weighted by Gasteiger charge is 2.07. The van der Waals surface area contributed by atoms with E-state index in [1.54, 1.807) is 18.3 Å². The van der Waals surface area contributed by atoms with Crippen LogP contribution in [0.1, 0.15) is 11.3 Å². The smallest absolute Gasteiger partial charge is 0.203 e. The Morgan fingerprint density at radius 2 is 1.82 bits per heavy atom. The van der Waals surface area contributed by atoms with Gasteiger partial charge in [-0.15, -0.1) is 11.3 Å². The minimum Gasteiger partial charge on any atom is -0.253 e. The van der Waals surface area contributed by atoms with Gasteiger partial charge >= 0.3 is 0 Å². The highest BCUT2D eigenvalue weighted by atomic mass is 32.1. The van der Waals surface area contributed by atoms with Gasteiger partial charge < -0.3 is 0 Å². The first kappa shape index (κ1) is 14.4. The van der Waals surface area contributed by atoms with E-state index in [1.807, 2.05) is 42.6 Å². The quantitative estimate of drug-likeness (QED) is 0.560. The topological polar surface area (TPSA) is 37.3 Å². The normalized spacial score (nSPS) is 11.0. The van der Waals surface area contributed by atoms with Crippen LogP contribution in [0.2, 0.25) is 0 Å². The summed E-state index contributed by atoms with van der Waals surface area (Å²) in [6.07, 6.45) is 1.68. The summed E-state index contributed by atoms with van der Waals surface area (Å²) in [5, 5.41) is 6.87. The van der Waals surface area contributed by atoms with Gasteiger partial charge in [0, 0.05) is 16.5 Å². The van der Waals surface area contributed by atoms with Crippen LogP contribution in [-0.4, -0.2) is 11.2 Å². The lowest BCUT2D eigenvalue weighted by atomic mass is 10.00. The Morgan fingerprint density at radius 1 is 1.09 bits per heavy atom. The lowest BCUT2D eigenvalue weighted by molar-refractivity contribution is 0.631. The molecule has 1 N–H and O–H groups in total. The van der Waals surface area contributed by atoms with Crippen LogP contribution in [0.25, 0.3) is 11.1 Å². The molecule has 3 aromatic rings. The van der Waals surface area contributed by atoms with Crippen LogP contribution >= 0.6 is 11.3 Å². The fraction of sp³-hybridized carbons (Fsp3) is 0.0588. The van der Waals surface area contributed by atoms with Crippen molar-refractivity contribution in [3.8, 4) is 11.1 Å². The van der Waals surface area contributed by atoms with Gasteiger partial charge in [-0.2, -0.15) is 5.10 Å². The molecule has 110 valence electrons. The number of thiazole rings is 1. The molecule has 3 rings (SSSR count). The molecule has 0 spiro atoms. The average Bonchev–Trinajstić information content (AvgIpc) is 2.94. The summed E-state index contributed by atoms with van der Waals surface area (Å²) < 4.78 is 14.0. The highest BCUT2D eigenvalue weighted by Crippen LogP contribution is 2.25. The predicted molar refractivity (Wildman–Crippen MR) is 89.9 cm³/mol. The van der Waals surface area contributed by atoms with Gasteiger partial charge in [0.25, 0.3) is 0 Å². The summed E-state index contributed by atoms with van der Waals surface area (Å²) in [5.41, 5.74) is 6.06. The van der Waals surface area contributed by atoms with E-state index < -0.39 is 0 Å². The fourth-order valence-corrected chi connectivity index (χ4v) is 2.73. The molecule has 0 aliphatic rings. The third-order valence-corrected chi connectivity index (χ3v) is 3.97. The SMILES string of the molecule is Cc1csc(NN=Cc2ccccc2-c2ccccc2F)n1. The number of aromatic nitrogens is 1. The maximum Gasteiger partial charge on any atom is 0.203 e. The minimum atomic E-state index is -0.244. The molecule has 0 atom stereocenters. The Labute approximate surface area is 132 Å². The summed E-state index contributed by atoms with van der Waals surface area (Å²) in [4.78, 5) is 4.27. The average molecular weight is 311 g/mol. The number of aryl methyl sites for hydroxylation is 1. The van der Waals surface area contributed by atoms with Gasteiger partial charge in [0.2, 0.25) is 5.13 Å². The number of nitrogens with zero attached hydrogens (tertiary/aromatic N) is 2. The van der Waals surface area contributed by atoms with Gasteiger partial charge in [0.05, 0.1) is 11.9 Å². The van der Waals surface area contributed by atoms with E-state index in [4.69, 9.17) is 0 Å². The van der Waals surface area contributed by atoms with Crippen molar-refractivity contribution in [2.45, 2.75) is 6.92 Å². The summed E-state index contributed by atoms with van der Waals surface area (Å²) in [7, 11) is 0. The maximum absolute atomic E-state index is 14.0. The molecule has 0 radical (unpaired) electrons. The van der Waals surface area contributed by atoms with Crippen molar-refractivity contribution in [1.29, 1.82) is 0 Å². The lowest BCUT2D eigenvalue weighted by Crippen LogP contribution is -1.94. The van der Waals surface area contributed by atoms with Crippen molar-refractivity contribution in [3.63, 3.8) is 0 Å². The van der Waals surface area contributed by atoms with Crippen molar-refractivity contribution in [3.05, 3.63) is 71.0 Å². The van der Waals surface area contributed by atoms with E-state index in [-0.39, 0.29) is 5.82 Å². The van der Waals surface area contributed by atoms with Crippen molar-refractivity contribution >= 4 is 22.7 Å². The first-order chi connectivity index (χ1) is 10.7. The van der Waals surface area contributed by atoms with Crippen LogP contribution in [0.5, 0.6) is 0 Å². The number of hydrogen-bond donors (Lipinski definition) is 1. The second kappa shape index (κ2) is 6.49. The molecule has 22 heavy (non-hydrogen) atoms. The Kier molecular flexibility index (Phi) is 4.25. The van der Waals surface area contributed by atoms with Crippen LogP contribution in [0.4, 0.5) is 9.52 Å². The molecule has 0 unspecified atom stereocenters. The largest absolute Gasteiger partial charge is 0.253 e. The lowest BCUT2D eigenvalue weighted by Gasteiger charge is -2.06. The molecule has 3 nitrogen and oxygen atoms in total. The first-order valence-corrected chi connectivity index (χ1v) is 7.67. The molecule has 1 aromatic heterocycles. The fourth-order valence-electron chi connectivity index (χ4n) is 2.10. The zero-order chi connectivity index (χ0) is 15.4. The van der Waals surface area contributed by atoms with Crippen LogP contribution in [0.3, 0.4) is 0 Å². The van der Waals surface area contributed by atoms with Gasteiger partial charge in [-0.3, -0.25) is 5.43 Å². The van der Waals surface area contributed by atoms with Gasteiger partial charge in [-0.05, 0) is 18.6 Å². The van der Waals surface area contributed by atoms with Gasteiger partial charge in [0.15, 0.2) is 0 Å². The minimum absolute atomic E-state index is 0.244. The van der Waals surface area contributed by atoms with Crippen LogP contribution in [-0.2, 0) is 0 Å². The second-order valence-corrected chi connectivity index (χ2v) is 5.59. The van der Waals surface area contributed by atoms with Crippen molar-refractivity contribution in [2.24, 2.45) is 5.10 Å². The van der Waals surface area contributed by atoms with E-state index in [2.05, 4.69) is 15.5 Å². The van der Waals surface area contributed by atoms with Gasteiger partial charge in [-0.25, -0.2) is 9.37 Å². The molecular weight excluding hydrogens is 297 g/mol. The number of rotatable bonds is 4. The Bertz CT molecular complexity index is 811. The number of nitrogens with one attached hydrogen (secondary N) is 1. The molecule has 0 saturated heterocycles. The van der Waals surface area contributed by atoms with E-state index in [0.29, 0.717) is 5.56 Å². The third kappa shape index (κ3) is 3.20. The summed E-state index contributed by atoms with van der Waals surface area (Å²) in [5.74, 6) is -0.244. The van der Waals surface area contributed by atoms with Crippen LogP contribution < -0.4 is 5.43 Å². The number of benzene rings is 2.